The predicted molar refractivity (Wildman–Crippen MR) is 129 cm³/mol. The highest BCUT2D eigenvalue weighted by atomic mass is 127. The topological polar surface area (TPSA) is 98.8 Å². The maximum Gasteiger partial charge on any atom is 0.344 e. The van der Waals surface area contributed by atoms with Gasteiger partial charge in [0.2, 0.25) is 10.0 Å². The SMILES string of the molecule is CS(=O)(=O)NCCOC(=O)c1ccc(OC(=O)c2cc(I)cc(I)c2I)cc1. The molecule has 0 radical (unpaired) electrons. The Morgan fingerprint density at radius 2 is 1.68 bits per heavy atom. The van der Waals surface area contributed by atoms with Crippen LogP contribution in [0, 0.1) is 10.7 Å². The molecule has 11 heteroatoms. The van der Waals surface area contributed by atoms with Crippen molar-refractivity contribution in [3.05, 3.63) is 58.2 Å². The molecular formula is C17H14I3NO6S. The van der Waals surface area contributed by atoms with Gasteiger partial charge in [0.05, 0.1) is 17.4 Å². The summed E-state index contributed by atoms with van der Waals surface area (Å²) in [5.41, 5.74) is 0.733. The predicted octanol–water partition coefficient (Wildman–Crippen LogP) is 3.43. The molecule has 0 aliphatic rings. The number of hydrogen-bond donors (Lipinski definition) is 1. The molecule has 0 fully saturated rings. The first kappa shape index (κ1) is 23.8. The number of nitrogens with one attached hydrogen (secondary N) is 1. The second-order valence-corrected chi connectivity index (χ2v) is 10.8. The number of esters is 2. The first-order chi connectivity index (χ1) is 13.1. The summed E-state index contributed by atoms with van der Waals surface area (Å²) in [6.07, 6.45) is 1.02. The van der Waals surface area contributed by atoms with Gasteiger partial charge in [-0.25, -0.2) is 22.7 Å². The summed E-state index contributed by atoms with van der Waals surface area (Å²) in [6.45, 7) is -0.0973. The van der Waals surface area contributed by atoms with Gasteiger partial charge in [-0.3, -0.25) is 0 Å². The molecule has 28 heavy (non-hydrogen) atoms. The summed E-state index contributed by atoms with van der Waals surface area (Å²) >= 11 is 6.39. The second-order valence-electron chi connectivity index (χ2n) is 5.47. The third kappa shape index (κ3) is 7.38. The minimum absolute atomic E-state index is 0.00637. The minimum Gasteiger partial charge on any atom is -0.461 e. The van der Waals surface area contributed by atoms with E-state index in [2.05, 4.69) is 72.5 Å². The van der Waals surface area contributed by atoms with Crippen LogP contribution in [-0.2, 0) is 14.8 Å². The molecule has 0 saturated heterocycles. The van der Waals surface area contributed by atoms with Gasteiger partial charge in [0.25, 0.3) is 0 Å². The summed E-state index contributed by atoms with van der Waals surface area (Å²) in [5.74, 6) is -0.789. The molecule has 7 nitrogen and oxygen atoms in total. The van der Waals surface area contributed by atoms with Crippen molar-refractivity contribution in [3.8, 4) is 5.75 Å². The van der Waals surface area contributed by atoms with E-state index in [0.717, 1.165) is 17.0 Å². The Balaban J connectivity index is 1.97. The summed E-state index contributed by atoms with van der Waals surface area (Å²) < 4.78 is 37.2. The van der Waals surface area contributed by atoms with Gasteiger partial charge in [-0.2, -0.15) is 0 Å². The van der Waals surface area contributed by atoms with Crippen molar-refractivity contribution in [2.24, 2.45) is 0 Å². The van der Waals surface area contributed by atoms with Gasteiger partial charge in [0, 0.05) is 17.3 Å². The van der Waals surface area contributed by atoms with Gasteiger partial charge in [0.15, 0.2) is 0 Å². The molecule has 0 heterocycles. The van der Waals surface area contributed by atoms with Crippen LogP contribution in [0.2, 0.25) is 0 Å². The van der Waals surface area contributed by atoms with Crippen LogP contribution in [0.15, 0.2) is 36.4 Å². The van der Waals surface area contributed by atoms with Crippen LogP contribution in [0.1, 0.15) is 20.7 Å². The third-order valence-electron chi connectivity index (χ3n) is 3.21. The molecule has 0 aromatic heterocycles. The zero-order valence-electron chi connectivity index (χ0n) is 14.4. The molecule has 0 aliphatic carbocycles. The van der Waals surface area contributed by atoms with E-state index in [-0.39, 0.29) is 18.7 Å². The van der Waals surface area contributed by atoms with Crippen molar-refractivity contribution in [2.75, 3.05) is 19.4 Å². The van der Waals surface area contributed by atoms with E-state index >= 15 is 0 Å². The molecule has 0 aliphatic heterocycles. The van der Waals surface area contributed by atoms with E-state index in [4.69, 9.17) is 9.47 Å². The monoisotopic (exact) mass is 741 g/mol. The zero-order chi connectivity index (χ0) is 20.9. The lowest BCUT2D eigenvalue weighted by molar-refractivity contribution is 0.0513. The quantitative estimate of drug-likeness (QED) is 0.154. The van der Waals surface area contributed by atoms with Crippen LogP contribution in [0.4, 0.5) is 0 Å². The normalized spacial score (nSPS) is 11.1. The molecular weight excluding hydrogens is 727 g/mol. The maximum absolute atomic E-state index is 12.4. The van der Waals surface area contributed by atoms with Gasteiger partial charge in [-0.1, -0.05) is 0 Å². The number of hydrogen-bond acceptors (Lipinski definition) is 6. The van der Waals surface area contributed by atoms with Crippen molar-refractivity contribution < 1.29 is 27.5 Å². The van der Waals surface area contributed by atoms with E-state index in [1.165, 1.54) is 24.3 Å². The summed E-state index contributed by atoms with van der Waals surface area (Å²) in [4.78, 5) is 24.4. The van der Waals surface area contributed by atoms with Crippen LogP contribution >= 0.6 is 67.8 Å². The average Bonchev–Trinajstić information content (AvgIpc) is 2.61. The van der Waals surface area contributed by atoms with Gasteiger partial charge in [-0.05, 0) is 104 Å². The highest BCUT2D eigenvalue weighted by Gasteiger charge is 2.16. The van der Waals surface area contributed by atoms with Crippen LogP contribution in [0.5, 0.6) is 5.75 Å². The lowest BCUT2D eigenvalue weighted by atomic mass is 10.2. The average molecular weight is 741 g/mol. The number of rotatable bonds is 7. The van der Waals surface area contributed by atoms with E-state index < -0.39 is 22.0 Å². The number of carbonyl (C=O) groups is 2. The number of ether oxygens (including phenoxy) is 2. The lowest BCUT2D eigenvalue weighted by Gasteiger charge is -2.09. The van der Waals surface area contributed by atoms with Crippen molar-refractivity contribution >= 4 is 89.7 Å². The Labute approximate surface area is 203 Å². The van der Waals surface area contributed by atoms with Crippen molar-refractivity contribution in [1.29, 1.82) is 0 Å². The van der Waals surface area contributed by atoms with Gasteiger partial charge in [0.1, 0.15) is 12.4 Å². The minimum atomic E-state index is -3.33. The second kappa shape index (κ2) is 10.5. The molecule has 0 saturated carbocycles. The maximum atomic E-state index is 12.4. The van der Waals surface area contributed by atoms with Gasteiger partial charge < -0.3 is 9.47 Å². The number of sulfonamides is 1. The summed E-state index contributed by atoms with van der Waals surface area (Å²) in [5, 5.41) is 0. The molecule has 1 N–H and O–H groups in total. The molecule has 2 aromatic rings. The molecule has 2 rings (SSSR count). The lowest BCUT2D eigenvalue weighted by Crippen LogP contribution is -2.26. The standard InChI is InChI=1S/C17H14I3NO6S/c1-28(24,25)21-6-7-26-16(22)10-2-4-12(5-3-10)27-17(23)13-8-11(18)9-14(19)15(13)20/h2-5,8-9,21H,6-7H2,1H3. The van der Waals surface area contributed by atoms with Crippen LogP contribution in [-0.4, -0.2) is 39.8 Å². The van der Waals surface area contributed by atoms with E-state index in [9.17, 15) is 18.0 Å². The third-order valence-corrected chi connectivity index (χ3v) is 7.61. The first-order valence-corrected chi connectivity index (χ1v) is 12.8. The van der Waals surface area contributed by atoms with Crippen LogP contribution < -0.4 is 9.46 Å². The molecule has 0 bridgehead atoms. The highest BCUT2D eigenvalue weighted by molar-refractivity contribution is 14.1. The van der Waals surface area contributed by atoms with Gasteiger partial charge in [-0.15, -0.1) is 0 Å². The molecule has 0 spiro atoms. The summed E-state index contributed by atoms with van der Waals surface area (Å²) in [6, 6.07) is 9.65. The fraction of sp³-hybridized carbons (Fsp3) is 0.176. The molecule has 0 unspecified atom stereocenters. The Bertz CT molecular complexity index is 993. The van der Waals surface area contributed by atoms with Crippen molar-refractivity contribution in [2.45, 2.75) is 0 Å². The van der Waals surface area contributed by atoms with E-state index in [0.29, 0.717) is 11.3 Å². The Morgan fingerprint density at radius 3 is 2.29 bits per heavy atom. The summed E-state index contributed by atoms with van der Waals surface area (Å²) in [7, 11) is -3.33. The van der Waals surface area contributed by atoms with Crippen LogP contribution in [0.3, 0.4) is 0 Å². The number of halogens is 3. The molecule has 2 aromatic carbocycles. The molecule has 150 valence electrons. The molecule has 0 amide bonds. The van der Waals surface area contributed by atoms with Crippen molar-refractivity contribution in [3.63, 3.8) is 0 Å². The van der Waals surface area contributed by atoms with Gasteiger partial charge >= 0.3 is 11.9 Å². The van der Waals surface area contributed by atoms with E-state index in [1.807, 2.05) is 6.07 Å². The largest absolute Gasteiger partial charge is 0.461 e. The van der Waals surface area contributed by atoms with E-state index in [1.54, 1.807) is 6.07 Å². The highest BCUT2D eigenvalue weighted by Crippen LogP contribution is 2.24. The Kier molecular flexibility index (Phi) is 8.90. The molecule has 0 atom stereocenters. The first-order valence-electron chi connectivity index (χ1n) is 7.65. The fourth-order valence-electron chi connectivity index (χ4n) is 1.98. The number of carbonyl (C=O) groups excluding carboxylic acids is 2. The van der Waals surface area contributed by atoms with Crippen molar-refractivity contribution in [1.82, 2.24) is 4.72 Å². The Morgan fingerprint density at radius 1 is 1.04 bits per heavy atom. The smallest absolute Gasteiger partial charge is 0.344 e. The Hall–Kier alpha value is -0.520. The zero-order valence-corrected chi connectivity index (χ0v) is 21.7. The fourth-order valence-corrected chi connectivity index (χ4v) is 4.81. The van der Waals surface area contributed by atoms with Crippen LogP contribution in [0.25, 0.3) is 0 Å². The number of benzene rings is 2.